The number of hydrogen-bond donors (Lipinski definition) is 1. The van der Waals surface area contributed by atoms with E-state index in [9.17, 15) is 9.59 Å². The Kier molecular flexibility index (Phi) is 4.62. The van der Waals surface area contributed by atoms with Gasteiger partial charge in [-0.05, 0) is 36.8 Å². The van der Waals surface area contributed by atoms with Gasteiger partial charge in [-0.2, -0.15) is 0 Å². The number of hydrogen-bond acceptors (Lipinski definition) is 3. The molecule has 0 fully saturated rings. The second-order valence-electron chi connectivity index (χ2n) is 7.92. The van der Waals surface area contributed by atoms with Crippen molar-refractivity contribution in [1.29, 1.82) is 0 Å². The molecule has 2 aromatic heterocycles. The molecule has 0 saturated heterocycles. The Labute approximate surface area is 180 Å². The van der Waals surface area contributed by atoms with Crippen LogP contribution in [0.25, 0.3) is 10.9 Å². The van der Waals surface area contributed by atoms with Gasteiger partial charge >= 0.3 is 0 Å². The minimum Gasteiger partial charge on any atom is -0.465 e. The maximum absolute atomic E-state index is 13.3. The summed E-state index contributed by atoms with van der Waals surface area (Å²) < 4.78 is 7.58. The molecule has 0 aliphatic carbocycles. The molecule has 1 atom stereocenters. The highest BCUT2D eigenvalue weighted by molar-refractivity contribution is 6.02. The lowest BCUT2D eigenvalue weighted by atomic mass is 9.97. The lowest BCUT2D eigenvalue weighted by Gasteiger charge is -2.25. The van der Waals surface area contributed by atoms with E-state index in [0.717, 1.165) is 27.8 Å². The number of carbonyl (C=O) groups excluding carboxylic acids is 2. The van der Waals surface area contributed by atoms with E-state index < -0.39 is 0 Å². The molecule has 2 amide bonds. The molecule has 0 radical (unpaired) electrons. The van der Waals surface area contributed by atoms with Gasteiger partial charge in [-0.15, -0.1) is 0 Å². The standard InChI is InChI=1S/C25H23N3O3/c1-16-11-12-17(31-16)13-26-23(29)15-28-24(19-8-3-4-9-20(19)25(28)30)21-14-27(2)22-10-6-5-7-18(21)22/h3-12,14,24H,13,15H2,1-2H3,(H,26,29). The molecule has 156 valence electrons. The van der Waals surface area contributed by atoms with E-state index in [1.165, 1.54) is 0 Å². The molecule has 4 aromatic rings. The number of aryl methyl sites for hydroxylation is 2. The van der Waals surface area contributed by atoms with Gasteiger partial charge < -0.3 is 19.2 Å². The third-order valence-corrected chi connectivity index (χ3v) is 5.85. The van der Waals surface area contributed by atoms with Crippen LogP contribution in [0.2, 0.25) is 0 Å². The van der Waals surface area contributed by atoms with Crippen LogP contribution in [0.15, 0.2) is 71.3 Å². The lowest BCUT2D eigenvalue weighted by molar-refractivity contribution is -0.122. The third kappa shape index (κ3) is 3.30. The van der Waals surface area contributed by atoms with E-state index in [2.05, 4.69) is 28.2 Å². The first-order valence-electron chi connectivity index (χ1n) is 10.3. The smallest absolute Gasteiger partial charge is 0.255 e. The van der Waals surface area contributed by atoms with Gasteiger partial charge in [-0.1, -0.05) is 36.4 Å². The number of rotatable bonds is 5. The third-order valence-electron chi connectivity index (χ3n) is 5.85. The zero-order valence-corrected chi connectivity index (χ0v) is 17.5. The monoisotopic (exact) mass is 413 g/mol. The average molecular weight is 413 g/mol. The summed E-state index contributed by atoms with van der Waals surface area (Å²) in [6, 6.07) is 19.1. The van der Waals surface area contributed by atoms with Crippen molar-refractivity contribution < 1.29 is 14.0 Å². The van der Waals surface area contributed by atoms with Crippen LogP contribution in [-0.4, -0.2) is 27.8 Å². The molecule has 1 unspecified atom stereocenters. The van der Waals surface area contributed by atoms with E-state index >= 15 is 0 Å². The molecule has 2 aromatic carbocycles. The topological polar surface area (TPSA) is 67.5 Å². The summed E-state index contributed by atoms with van der Waals surface area (Å²) in [7, 11) is 2.00. The van der Waals surface area contributed by atoms with Crippen molar-refractivity contribution in [2.75, 3.05) is 6.54 Å². The highest BCUT2D eigenvalue weighted by atomic mass is 16.3. The maximum atomic E-state index is 13.3. The minimum atomic E-state index is -0.314. The van der Waals surface area contributed by atoms with E-state index in [0.29, 0.717) is 17.9 Å². The van der Waals surface area contributed by atoms with Gasteiger partial charge in [-0.3, -0.25) is 9.59 Å². The van der Waals surface area contributed by atoms with Crippen LogP contribution >= 0.6 is 0 Å². The molecule has 0 saturated carbocycles. The predicted molar refractivity (Wildman–Crippen MR) is 118 cm³/mol. The summed E-state index contributed by atoms with van der Waals surface area (Å²) in [6.45, 7) is 2.13. The van der Waals surface area contributed by atoms with E-state index in [4.69, 9.17) is 4.42 Å². The molecular weight excluding hydrogens is 390 g/mol. The van der Waals surface area contributed by atoms with Gasteiger partial charge in [0.25, 0.3) is 5.91 Å². The Bertz CT molecular complexity index is 1300. The zero-order valence-electron chi connectivity index (χ0n) is 17.5. The Morgan fingerprint density at radius 3 is 2.61 bits per heavy atom. The van der Waals surface area contributed by atoms with Crippen LogP contribution in [0.1, 0.15) is 39.0 Å². The fourth-order valence-corrected chi connectivity index (χ4v) is 4.44. The number of furan rings is 1. The van der Waals surface area contributed by atoms with Crippen molar-refractivity contribution in [1.82, 2.24) is 14.8 Å². The summed E-state index contributed by atoms with van der Waals surface area (Å²) in [5.74, 6) is 1.14. The van der Waals surface area contributed by atoms with E-state index in [1.807, 2.05) is 62.5 Å². The number of nitrogens with one attached hydrogen (secondary N) is 1. The second kappa shape index (κ2) is 7.47. The normalized spacial score (nSPS) is 15.5. The van der Waals surface area contributed by atoms with Gasteiger partial charge in [0, 0.05) is 35.3 Å². The fourth-order valence-electron chi connectivity index (χ4n) is 4.44. The van der Waals surface area contributed by atoms with Gasteiger partial charge in [0.2, 0.25) is 5.91 Å². The van der Waals surface area contributed by atoms with Crippen LogP contribution in [-0.2, 0) is 18.4 Å². The molecule has 1 aliphatic rings. The molecule has 1 aliphatic heterocycles. The SMILES string of the molecule is Cc1ccc(CNC(=O)CN2C(=O)c3ccccc3C2c2cn(C)c3ccccc23)o1. The van der Waals surface area contributed by atoms with Gasteiger partial charge in [0.15, 0.2) is 0 Å². The first-order chi connectivity index (χ1) is 15.0. The molecular formula is C25H23N3O3. The number of benzene rings is 2. The Balaban J connectivity index is 1.48. The number of carbonyl (C=O) groups is 2. The van der Waals surface area contributed by atoms with Crippen molar-refractivity contribution in [2.24, 2.45) is 7.05 Å². The van der Waals surface area contributed by atoms with Gasteiger partial charge in [-0.25, -0.2) is 0 Å². The summed E-state index contributed by atoms with van der Waals surface area (Å²) >= 11 is 0. The Morgan fingerprint density at radius 1 is 1.03 bits per heavy atom. The summed E-state index contributed by atoms with van der Waals surface area (Å²) in [4.78, 5) is 27.7. The first kappa shape index (κ1) is 19.2. The Hall–Kier alpha value is -3.80. The number of nitrogens with zero attached hydrogens (tertiary/aromatic N) is 2. The predicted octanol–water partition coefficient (Wildman–Crippen LogP) is 3.94. The quantitative estimate of drug-likeness (QED) is 0.539. The number of para-hydroxylation sites is 1. The fraction of sp³-hybridized carbons (Fsp3) is 0.200. The van der Waals surface area contributed by atoms with Crippen LogP contribution in [0.4, 0.5) is 0 Å². The van der Waals surface area contributed by atoms with E-state index in [1.54, 1.807) is 4.90 Å². The number of fused-ring (bicyclic) bond motifs is 2. The summed E-state index contributed by atoms with van der Waals surface area (Å²) in [5, 5.41) is 3.95. The molecule has 3 heterocycles. The van der Waals surface area contributed by atoms with Crippen molar-refractivity contribution >= 4 is 22.7 Å². The second-order valence-corrected chi connectivity index (χ2v) is 7.92. The van der Waals surface area contributed by atoms with Crippen LogP contribution in [0, 0.1) is 6.92 Å². The zero-order chi connectivity index (χ0) is 21.5. The lowest BCUT2D eigenvalue weighted by Crippen LogP contribution is -2.39. The first-order valence-corrected chi connectivity index (χ1v) is 10.3. The largest absolute Gasteiger partial charge is 0.465 e. The van der Waals surface area contributed by atoms with Crippen molar-refractivity contribution in [3.05, 3.63) is 95.1 Å². The molecule has 31 heavy (non-hydrogen) atoms. The highest BCUT2D eigenvalue weighted by Crippen LogP contribution is 2.41. The molecule has 0 spiro atoms. The maximum Gasteiger partial charge on any atom is 0.255 e. The Morgan fingerprint density at radius 2 is 1.81 bits per heavy atom. The van der Waals surface area contributed by atoms with Crippen molar-refractivity contribution in [3.8, 4) is 0 Å². The highest BCUT2D eigenvalue weighted by Gasteiger charge is 2.39. The number of aromatic nitrogens is 1. The van der Waals surface area contributed by atoms with E-state index in [-0.39, 0.29) is 24.4 Å². The number of amides is 2. The van der Waals surface area contributed by atoms with Crippen LogP contribution < -0.4 is 5.32 Å². The van der Waals surface area contributed by atoms with Gasteiger partial charge in [0.05, 0.1) is 12.6 Å². The summed E-state index contributed by atoms with van der Waals surface area (Å²) in [5.41, 5.74) is 3.69. The molecule has 1 N–H and O–H groups in total. The molecule has 6 nitrogen and oxygen atoms in total. The molecule has 5 rings (SSSR count). The van der Waals surface area contributed by atoms with Crippen molar-refractivity contribution in [3.63, 3.8) is 0 Å². The minimum absolute atomic E-state index is 0.0267. The summed E-state index contributed by atoms with van der Waals surface area (Å²) in [6.07, 6.45) is 2.06. The average Bonchev–Trinajstić information content (AvgIpc) is 3.42. The molecule has 0 bridgehead atoms. The molecule has 6 heteroatoms. The van der Waals surface area contributed by atoms with Crippen LogP contribution in [0.3, 0.4) is 0 Å². The van der Waals surface area contributed by atoms with Crippen LogP contribution in [0.5, 0.6) is 0 Å². The van der Waals surface area contributed by atoms with Crippen molar-refractivity contribution in [2.45, 2.75) is 19.5 Å². The van der Waals surface area contributed by atoms with Gasteiger partial charge in [0.1, 0.15) is 18.1 Å².